The van der Waals surface area contributed by atoms with Crippen molar-refractivity contribution in [3.8, 4) is 0 Å². The predicted octanol–water partition coefficient (Wildman–Crippen LogP) is 7.42. The highest BCUT2D eigenvalue weighted by Gasteiger charge is 2.31. The topological polar surface area (TPSA) is 46.2 Å². The summed E-state index contributed by atoms with van der Waals surface area (Å²) in [7, 11) is 0. The SMILES string of the molecule is CC/C=C\C/C=C\C/C=C\C/C=C\C/C=C\CCCC(=O)NC(C)(CC(C)C)C(C)=O. The van der Waals surface area contributed by atoms with Crippen LogP contribution in [0.2, 0.25) is 0 Å². The maximum Gasteiger partial charge on any atom is 0.220 e. The number of amides is 1. The van der Waals surface area contributed by atoms with Crippen molar-refractivity contribution >= 4 is 11.7 Å². The average Bonchev–Trinajstić information content (AvgIpc) is 2.69. The third-order valence-electron chi connectivity index (χ3n) is 4.94. The molecule has 1 unspecified atom stereocenters. The largest absolute Gasteiger partial charge is 0.344 e. The number of Topliss-reactive ketones (excluding diaryl/α,β-unsaturated/α-hetero) is 1. The Balaban J connectivity index is 3.89. The molecule has 0 aliphatic heterocycles. The Bertz CT molecular complexity index is 637. The van der Waals surface area contributed by atoms with E-state index in [1.807, 2.05) is 6.92 Å². The molecule has 1 N–H and O–H groups in total. The van der Waals surface area contributed by atoms with Gasteiger partial charge in [0.25, 0.3) is 0 Å². The molecule has 0 fully saturated rings. The predicted molar refractivity (Wildman–Crippen MR) is 135 cm³/mol. The molecule has 174 valence electrons. The molecular formula is C28H45NO2. The van der Waals surface area contributed by atoms with Crippen molar-refractivity contribution in [1.82, 2.24) is 5.32 Å². The summed E-state index contributed by atoms with van der Waals surface area (Å²) in [4.78, 5) is 24.1. The van der Waals surface area contributed by atoms with Gasteiger partial charge >= 0.3 is 0 Å². The summed E-state index contributed by atoms with van der Waals surface area (Å²) in [5.41, 5.74) is -0.747. The molecule has 31 heavy (non-hydrogen) atoms. The average molecular weight is 428 g/mol. The van der Waals surface area contributed by atoms with Gasteiger partial charge in [0.15, 0.2) is 5.78 Å². The first kappa shape index (κ1) is 28.8. The van der Waals surface area contributed by atoms with E-state index in [9.17, 15) is 9.59 Å². The van der Waals surface area contributed by atoms with Crippen LogP contribution in [0.15, 0.2) is 60.8 Å². The van der Waals surface area contributed by atoms with E-state index in [4.69, 9.17) is 0 Å². The van der Waals surface area contributed by atoms with Crippen LogP contribution in [0.5, 0.6) is 0 Å². The summed E-state index contributed by atoms with van der Waals surface area (Å²) in [5, 5.41) is 2.94. The number of unbranched alkanes of at least 4 members (excludes halogenated alkanes) is 1. The molecule has 0 aromatic heterocycles. The third kappa shape index (κ3) is 17.2. The summed E-state index contributed by atoms with van der Waals surface area (Å²) < 4.78 is 0. The van der Waals surface area contributed by atoms with E-state index in [1.54, 1.807) is 6.92 Å². The Hall–Kier alpha value is -2.16. The highest BCUT2D eigenvalue weighted by Crippen LogP contribution is 2.18. The van der Waals surface area contributed by atoms with Crippen LogP contribution in [0.25, 0.3) is 0 Å². The maximum absolute atomic E-state index is 12.2. The lowest BCUT2D eigenvalue weighted by atomic mass is 9.87. The van der Waals surface area contributed by atoms with Crippen LogP contribution in [-0.2, 0) is 9.59 Å². The van der Waals surface area contributed by atoms with E-state index in [-0.39, 0.29) is 11.7 Å². The summed E-state index contributed by atoms with van der Waals surface area (Å²) in [6, 6.07) is 0. The molecule has 0 aliphatic rings. The van der Waals surface area contributed by atoms with Gasteiger partial charge in [-0.25, -0.2) is 0 Å². The highest BCUT2D eigenvalue weighted by molar-refractivity contribution is 5.90. The van der Waals surface area contributed by atoms with Crippen molar-refractivity contribution in [3.05, 3.63) is 60.8 Å². The van der Waals surface area contributed by atoms with E-state index in [2.05, 4.69) is 86.8 Å². The molecule has 3 heteroatoms. The number of hydrogen-bond donors (Lipinski definition) is 1. The molecule has 0 bridgehead atoms. The standard InChI is InChI=1S/C28H45NO2/c1-6-7-8-9-10-11-12-13-14-15-16-17-18-19-20-21-22-23-27(31)29-28(5,26(4)30)24-25(2)3/h7-8,10-11,13-14,16-17,19-20,25H,6,9,12,15,18,21-24H2,1-5H3,(H,29,31)/b8-7-,11-10-,14-13-,17-16-,20-19-. The second-order valence-corrected chi connectivity index (χ2v) is 8.63. The molecule has 1 amide bonds. The number of nitrogens with one attached hydrogen (secondary N) is 1. The number of hydrogen-bond acceptors (Lipinski definition) is 2. The minimum Gasteiger partial charge on any atom is -0.344 e. The van der Waals surface area contributed by atoms with Gasteiger partial charge in [0.2, 0.25) is 5.91 Å². The second-order valence-electron chi connectivity index (χ2n) is 8.63. The lowest BCUT2D eigenvalue weighted by Gasteiger charge is -2.30. The van der Waals surface area contributed by atoms with Gasteiger partial charge in [-0.05, 0) is 71.1 Å². The Kier molecular flexibility index (Phi) is 17.3. The van der Waals surface area contributed by atoms with Crippen LogP contribution in [0.3, 0.4) is 0 Å². The Labute approximate surface area is 191 Å². The van der Waals surface area contributed by atoms with Gasteiger partial charge in [-0.15, -0.1) is 0 Å². The second kappa shape index (κ2) is 18.6. The van der Waals surface area contributed by atoms with Crippen molar-refractivity contribution in [2.45, 2.75) is 97.9 Å². The van der Waals surface area contributed by atoms with Crippen molar-refractivity contribution < 1.29 is 9.59 Å². The molecule has 0 aliphatic carbocycles. The van der Waals surface area contributed by atoms with Gasteiger partial charge in [-0.2, -0.15) is 0 Å². The van der Waals surface area contributed by atoms with Crippen LogP contribution in [0, 0.1) is 5.92 Å². The zero-order chi connectivity index (χ0) is 23.4. The molecular weight excluding hydrogens is 382 g/mol. The summed E-state index contributed by atoms with van der Waals surface area (Å²) in [6.07, 6.45) is 29.6. The molecule has 0 aromatic carbocycles. The van der Waals surface area contributed by atoms with E-state index in [1.165, 1.54) is 0 Å². The Morgan fingerprint density at radius 1 is 0.806 bits per heavy atom. The third-order valence-corrected chi connectivity index (χ3v) is 4.94. The van der Waals surface area contributed by atoms with E-state index in [0.29, 0.717) is 18.8 Å². The normalized spacial score (nSPS) is 14.6. The minimum absolute atomic E-state index is 0.0207. The number of rotatable bonds is 17. The lowest BCUT2D eigenvalue weighted by molar-refractivity contribution is -0.131. The highest BCUT2D eigenvalue weighted by atomic mass is 16.2. The fourth-order valence-electron chi connectivity index (χ4n) is 3.22. The number of carbonyl (C=O) groups excluding carboxylic acids is 2. The monoisotopic (exact) mass is 427 g/mol. The van der Waals surface area contributed by atoms with Crippen LogP contribution in [0.1, 0.15) is 92.4 Å². The molecule has 0 heterocycles. The van der Waals surface area contributed by atoms with E-state index >= 15 is 0 Å². The Morgan fingerprint density at radius 2 is 1.26 bits per heavy atom. The fraction of sp³-hybridized carbons (Fsp3) is 0.571. The van der Waals surface area contributed by atoms with Gasteiger partial charge in [-0.1, -0.05) is 81.5 Å². The van der Waals surface area contributed by atoms with E-state index < -0.39 is 5.54 Å². The maximum atomic E-state index is 12.2. The fourth-order valence-corrected chi connectivity index (χ4v) is 3.22. The zero-order valence-electron chi connectivity index (χ0n) is 20.5. The Morgan fingerprint density at radius 3 is 1.68 bits per heavy atom. The van der Waals surface area contributed by atoms with Crippen molar-refractivity contribution in [1.29, 1.82) is 0 Å². The molecule has 0 saturated heterocycles. The number of allylic oxidation sites excluding steroid dienone is 10. The van der Waals surface area contributed by atoms with Gasteiger partial charge in [0.1, 0.15) is 0 Å². The quantitative estimate of drug-likeness (QED) is 0.194. The van der Waals surface area contributed by atoms with Crippen molar-refractivity contribution in [2.75, 3.05) is 0 Å². The number of ketones is 1. The van der Waals surface area contributed by atoms with Gasteiger partial charge in [0.05, 0.1) is 5.54 Å². The van der Waals surface area contributed by atoms with Gasteiger partial charge in [-0.3, -0.25) is 9.59 Å². The van der Waals surface area contributed by atoms with Gasteiger partial charge in [0, 0.05) is 6.42 Å². The molecule has 0 rings (SSSR count). The lowest BCUT2D eigenvalue weighted by Crippen LogP contribution is -2.52. The van der Waals surface area contributed by atoms with Crippen LogP contribution >= 0.6 is 0 Å². The molecule has 0 radical (unpaired) electrons. The first-order valence-electron chi connectivity index (χ1n) is 11.9. The molecule has 3 nitrogen and oxygen atoms in total. The van der Waals surface area contributed by atoms with Gasteiger partial charge < -0.3 is 5.32 Å². The molecule has 0 saturated carbocycles. The van der Waals surface area contributed by atoms with E-state index in [0.717, 1.165) is 44.9 Å². The summed E-state index contributed by atoms with van der Waals surface area (Å²) in [5.74, 6) is 0.341. The minimum atomic E-state index is -0.747. The van der Waals surface area contributed by atoms with Crippen LogP contribution < -0.4 is 5.32 Å². The first-order chi connectivity index (χ1) is 14.8. The molecule has 0 spiro atoms. The summed E-state index contributed by atoms with van der Waals surface area (Å²) >= 11 is 0. The molecule has 1 atom stereocenters. The molecule has 0 aromatic rings. The first-order valence-corrected chi connectivity index (χ1v) is 11.9. The van der Waals surface area contributed by atoms with Crippen molar-refractivity contribution in [3.63, 3.8) is 0 Å². The van der Waals surface area contributed by atoms with Crippen molar-refractivity contribution in [2.24, 2.45) is 5.92 Å². The smallest absolute Gasteiger partial charge is 0.220 e. The van der Waals surface area contributed by atoms with Crippen LogP contribution in [0.4, 0.5) is 0 Å². The van der Waals surface area contributed by atoms with Crippen LogP contribution in [-0.4, -0.2) is 17.2 Å². The number of carbonyl (C=O) groups is 2. The zero-order valence-corrected chi connectivity index (χ0v) is 20.5. The summed E-state index contributed by atoms with van der Waals surface area (Å²) in [6.45, 7) is 9.66.